The summed E-state index contributed by atoms with van der Waals surface area (Å²) < 4.78 is 1.06. The SMILES string of the molecule is CNC(=O)c1nccnc1-c1nc2ccccc2s1. The van der Waals surface area contributed by atoms with Gasteiger partial charge in [-0.2, -0.15) is 0 Å². The molecule has 6 heteroatoms. The minimum absolute atomic E-state index is 0.262. The first-order valence-electron chi connectivity index (χ1n) is 5.68. The Morgan fingerprint density at radius 3 is 2.79 bits per heavy atom. The van der Waals surface area contributed by atoms with Crippen LogP contribution in [0.1, 0.15) is 10.5 Å². The predicted molar refractivity (Wildman–Crippen MR) is 74.0 cm³/mol. The van der Waals surface area contributed by atoms with E-state index in [0.717, 1.165) is 10.2 Å². The number of carbonyl (C=O) groups excluding carboxylic acids is 1. The Morgan fingerprint density at radius 1 is 1.21 bits per heavy atom. The van der Waals surface area contributed by atoms with Gasteiger partial charge in [-0.3, -0.25) is 4.79 Å². The molecule has 0 unspecified atom stereocenters. The number of nitrogens with one attached hydrogen (secondary N) is 1. The molecule has 0 spiro atoms. The number of para-hydroxylation sites is 1. The maximum absolute atomic E-state index is 11.8. The topological polar surface area (TPSA) is 67.8 Å². The number of hydrogen-bond donors (Lipinski definition) is 1. The lowest BCUT2D eigenvalue weighted by Gasteiger charge is -2.02. The van der Waals surface area contributed by atoms with Gasteiger partial charge in [0, 0.05) is 19.4 Å². The Morgan fingerprint density at radius 2 is 2.00 bits per heavy atom. The van der Waals surface area contributed by atoms with Crippen LogP contribution in [-0.4, -0.2) is 27.9 Å². The maximum Gasteiger partial charge on any atom is 0.271 e. The third-order valence-corrected chi connectivity index (χ3v) is 3.68. The maximum atomic E-state index is 11.8. The Hall–Kier alpha value is -2.34. The van der Waals surface area contributed by atoms with Crippen molar-refractivity contribution in [1.29, 1.82) is 0 Å². The molecule has 94 valence electrons. The van der Waals surface area contributed by atoms with E-state index in [4.69, 9.17) is 0 Å². The van der Waals surface area contributed by atoms with Crippen LogP contribution in [0.2, 0.25) is 0 Å². The molecule has 2 aromatic heterocycles. The third kappa shape index (κ3) is 2.06. The molecule has 1 aromatic carbocycles. The van der Waals surface area contributed by atoms with E-state index in [2.05, 4.69) is 20.3 Å². The minimum atomic E-state index is -0.262. The summed E-state index contributed by atoms with van der Waals surface area (Å²) in [7, 11) is 1.57. The second-order valence-corrected chi connectivity index (χ2v) is 4.85. The molecule has 0 aliphatic carbocycles. The summed E-state index contributed by atoms with van der Waals surface area (Å²) in [4.78, 5) is 24.6. The van der Waals surface area contributed by atoms with Crippen LogP contribution in [0, 0.1) is 0 Å². The average molecular weight is 270 g/mol. The van der Waals surface area contributed by atoms with Gasteiger partial charge in [-0.25, -0.2) is 15.0 Å². The predicted octanol–water partition coefficient (Wildman–Crippen LogP) is 2.11. The van der Waals surface area contributed by atoms with Crippen LogP contribution in [0.3, 0.4) is 0 Å². The molecule has 1 N–H and O–H groups in total. The van der Waals surface area contributed by atoms with E-state index in [-0.39, 0.29) is 5.91 Å². The number of nitrogens with zero attached hydrogens (tertiary/aromatic N) is 3. The Labute approximate surface area is 113 Å². The van der Waals surface area contributed by atoms with Gasteiger partial charge in [0.15, 0.2) is 5.69 Å². The van der Waals surface area contributed by atoms with E-state index in [1.807, 2.05) is 24.3 Å². The van der Waals surface area contributed by atoms with Gasteiger partial charge in [0.2, 0.25) is 0 Å². The molecule has 0 fully saturated rings. The molecule has 5 nitrogen and oxygen atoms in total. The number of fused-ring (bicyclic) bond motifs is 1. The van der Waals surface area contributed by atoms with Gasteiger partial charge in [-0.1, -0.05) is 12.1 Å². The lowest BCUT2D eigenvalue weighted by molar-refractivity contribution is 0.0958. The standard InChI is InChI=1S/C13H10N4OS/c1-14-12(18)10-11(16-7-6-15-10)13-17-8-4-2-3-5-9(8)19-13/h2-7H,1H3,(H,14,18). The number of benzene rings is 1. The number of amides is 1. The highest BCUT2D eigenvalue weighted by Crippen LogP contribution is 2.29. The quantitative estimate of drug-likeness (QED) is 0.774. The Balaban J connectivity index is 2.18. The van der Waals surface area contributed by atoms with Gasteiger partial charge in [-0.05, 0) is 12.1 Å². The number of hydrogen-bond acceptors (Lipinski definition) is 5. The summed E-state index contributed by atoms with van der Waals surface area (Å²) >= 11 is 1.50. The minimum Gasteiger partial charge on any atom is -0.354 e. The van der Waals surface area contributed by atoms with Crippen LogP contribution in [0.4, 0.5) is 0 Å². The molecule has 1 amide bonds. The van der Waals surface area contributed by atoms with Crippen LogP contribution >= 0.6 is 11.3 Å². The molecule has 0 saturated heterocycles. The average Bonchev–Trinajstić information content (AvgIpc) is 2.90. The molecule has 0 aliphatic heterocycles. The summed E-state index contributed by atoms with van der Waals surface area (Å²) in [6, 6.07) is 7.82. The molecular formula is C13H10N4OS. The van der Waals surface area contributed by atoms with Crippen molar-refractivity contribution in [3.63, 3.8) is 0 Å². The van der Waals surface area contributed by atoms with E-state index < -0.39 is 0 Å². The van der Waals surface area contributed by atoms with Gasteiger partial charge >= 0.3 is 0 Å². The highest BCUT2D eigenvalue weighted by molar-refractivity contribution is 7.21. The van der Waals surface area contributed by atoms with Crippen molar-refractivity contribution in [1.82, 2.24) is 20.3 Å². The van der Waals surface area contributed by atoms with Crippen molar-refractivity contribution >= 4 is 27.5 Å². The van der Waals surface area contributed by atoms with Crippen molar-refractivity contribution in [2.24, 2.45) is 0 Å². The van der Waals surface area contributed by atoms with Crippen LogP contribution < -0.4 is 5.32 Å². The Kier molecular flexibility index (Phi) is 2.92. The summed E-state index contributed by atoms with van der Waals surface area (Å²) in [5.41, 5.74) is 1.71. The monoisotopic (exact) mass is 270 g/mol. The van der Waals surface area contributed by atoms with Gasteiger partial charge in [0.25, 0.3) is 5.91 Å². The van der Waals surface area contributed by atoms with Crippen molar-refractivity contribution in [3.05, 3.63) is 42.4 Å². The molecule has 0 saturated carbocycles. The number of rotatable bonds is 2. The van der Waals surface area contributed by atoms with Crippen molar-refractivity contribution in [2.75, 3.05) is 7.05 Å². The van der Waals surface area contributed by atoms with E-state index in [1.165, 1.54) is 17.5 Å². The molecule has 3 aromatic rings. The zero-order chi connectivity index (χ0) is 13.2. The first-order chi connectivity index (χ1) is 9.29. The van der Waals surface area contributed by atoms with E-state index in [1.54, 1.807) is 13.2 Å². The number of thiazole rings is 1. The first-order valence-corrected chi connectivity index (χ1v) is 6.50. The molecule has 19 heavy (non-hydrogen) atoms. The van der Waals surface area contributed by atoms with Gasteiger partial charge in [-0.15, -0.1) is 11.3 Å². The molecule has 2 heterocycles. The van der Waals surface area contributed by atoms with E-state index in [9.17, 15) is 4.79 Å². The Bertz CT molecular complexity index is 720. The fourth-order valence-corrected chi connectivity index (χ4v) is 2.72. The number of aromatic nitrogens is 3. The van der Waals surface area contributed by atoms with Crippen LogP contribution in [-0.2, 0) is 0 Å². The lowest BCUT2D eigenvalue weighted by Crippen LogP contribution is -2.20. The lowest BCUT2D eigenvalue weighted by atomic mass is 10.3. The van der Waals surface area contributed by atoms with Crippen LogP contribution in [0.5, 0.6) is 0 Å². The second-order valence-electron chi connectivity index (χ2n) is 3.82. The van der Waals surface area contributed by atoms with E-state index in [0.29, 0.717) is 16.4 Å². The molecule has 0 radical (unpaired) electrons. The van der Waals surface area contributed by atoms with E-state index >= 15 is 0 Å². The van der Waals surface area contributed by atoms with Crippen molar-refractivity contribution in [3.8, 4) is 10.7 Å². The van der Waals surface area contributed by atoms with Crippen LogP contribution in [0.25, 0.3) is 20.9 Å². The largest absolute Gasteiger partial charge is 0.354 e. The first kappa shape index (κ1) is 11.7. The normalized spacial score (nSPS) is 10.6. The second kappa shape index (κ2) is 4.74. The molecule has 3 rings (SSSR count). The third-order valence-electron chi connectivity index (χ3n) is 2.64. The zero-order valence-corrected chi connectivity index (χ0v) is 10.9. The molecule has 0 bridgehead atoms. The van der Waals surface area contributed by atoms with Crippen molar-refractivity contribution < 1.29 is 4.79 Å². The molecule has 0 atom stereocenters. The highest BCUT2D eigenvalue weighted by atomic mass is 32.1. The smallest absolute Gasteiger partial charge is 0.271 e. The van der Waals surface area contributed by atoms with Gasteiger partial charge in [0.1, 0.15) is 10.7 Å². The summed E-state index contributed by atoms with van der Waals surface area (Å²) in [6.07, 6.45) is 3.06. The summed E-state index contributed by atoms with van der Waals surface area (Å²) in [5, 5.41) is 3.26. The number of carbonyl (C=O) groups is 1. The van der Waals surface area contributed by atoms with Crippen LogP contribution in [0.15, 0.2) is 36.7 Å². The summed E-state index contributed by atoms with van der Waals surface area (Å²) in [6.45, 7) is 0. The fraction of sp³-hybridized carbons (Fsp3) is 0.0769. The summed E-state index contributed by atoms with van der Waals surface area (Å²) in [5.74, 6) is -0.262. The molecular weight excluding hydrogens is 260 g/mol. The van der Waals surface area contributed by atoms with Crippen molar-refractivity contribution in [2.45, 2.75) is 0 Å². The fourth-order valence-electron chi connectivity index (χ4n) is 1.75. The highest BCUT2D eigenvalue weighted by Gasteiger charge is 2.17. The van der Waals surface area contributed by atoms with Gasteiger partial charge in [0.05, 0.1) is 10.2 Å². The zero-order valence-electron chi connectivity index (χ0n) is 10.1. The molecule has 0 aliphatic rings. The van der Waals surface area contributed by atoms with Gasteiger partial charge < -0.3 is 5.32 Å².